The second-order valence-electron chi connectivity index (χ2n) is 4.18. The van der Waals surface area contributed by atoms with Crippen LogP contribution in [0, 0.1) is 0 Å². The largest absolute Gasteiger partial charge is 0.355 e. The highest BCUT2D eigenvalue weighted by Gasteiger charge is 2.04. The third-order valence-electron chi connectivity index (χ3n) is 2.49. The zero-order valence-electron chi connectivity index (χ0n) is 11.5. The first-order valence-electron chi connectivity index (χ1n) is 6.47. The molecule has 0 aliphatic carbocycles. The van der Waals surface area contributed by atoms with Gasteiger partial charge < -0.3 is 10.3 Å². The molecule has 0 bridgehead atoms. The zero-order valence-corrected chi connectivity index (χ0v) is 14.8. The predicted octanol–water partition coefficient (Wildman–Crippen LogP) is 2.53. The van der Waals surface area contributed by atoms with Crippen LogP contribution >= 0.6 is 39.5 Å². The molecule has 0 unspecified atom stereocenters. The summed E-state index contributed by atoms with van der Waals surface area (Å²) in [7, 11) is 0. The summed E-state index contributed by atoms with van der Waals surface area (Å²) >= 11 is 6.28. The van der Waals surface area contributed by atoms with Gasteiger partial charge in [0.25, 0.3) is 5.56 Å². The Hall–Kier alpha value is -1.25. The maximum atomic E-state index is 11.7. The average Bonchev–Trinajstić information content (AvgIpc) is 2.51. The van der Waals surface area contributed by atoms with Crippen LogP contribution in [0.5, 0.6) is 0 Å². The second kappa shape index (κ2) is 9.02. The number of benzene rings is 1. The number of nitrogens with zero attached hydrogens (tertiary/aromatic N) is 1. The number of nitrogens with one attached hydrogen (secondary N) is 2. The minimum atomic E-state index is -0.219. The molecule has 0 aliphatic heterocycles. The highest BCUT2D eigenvalue weighted by Crippen LogP contribution is 2.19. The van der Waals surface area contributed by atoms with Crippen LogP contribution in [0.2, 0.25) is 0 Å². The zero-order chi connectivity index (χ0) is 15.8. The van der Waals surface area contributed by atoms with Crippen LogP contribution in [-0.4, -0.2) is 33.9 Å². The molecule has 0 saturated carbocycles. The summed E-state index contributed by atoms with van der Waals surface area (Å²) in [4.78, 5) is 30.5. The number of thioether (sulfide) groups is 2. The molecule has 22 heavy (non-hydrogen) atoms. The number of aromatic nitrogens is 2. The Morgan fingerprint density at radius 2 is 2.00 bits per heavy atom. The van der Waals surface area contributed by atoms with Gasteiger partial charge in [-0.25, -0.2) is 4.98 Å². The van der Waals surface area contributed by atoms with Crippen LogP contribution in [0.25, 0.3) is 0 Å². The van der Waals surface area contributed by atoms with Crippen molar-refractivity contribution < 1.29 is 4.79 Å². The third kappa shape index (κ3) is 6.25. The van der Waals surface area contributed by atoms with Crippen LogP contribution in [-0.2, 0) is 4.79 Å². The fourth-order valence-corrected chi connectivity index (χ4v) is 3.21. The number of hydrogen-bond acceptors (Lipinski definition) is 5. The summed E-state index contributed by atoms with van der Waals surface area (Å²) in [6.45, 7) is 0.596. The van der Waals surface area contributed by atoms with E-state index in [-0.39, 0.29) is 17.2 Å². The highest BCUT2D eigenvalue weighted by atomic mass is 79.9. The summed E-state index contributed by atoms with van der Waals surface area (Å²) in [5.74, 6) is 0.960. The molecule has 2 aromatic rings. The average molecular weight is 400 g/mol. The number of halogens is 1. The Bertz CT molecular complexity index is 676. The number of amides is 1. The van der Waals surface area contributed by atoms with Gasteiger partial charge in [0, 0.05) is 33.9 Å². The van der Waals surface area contributed by atoms with Crippen LogP contribution in [0.1, 0.15) is 0 Å². The number of aromatic amines is 1. The quantitative estimate of drug-likeness (QED) is 0.425. The van der Waals surface area contributed by atoms with Crippen LogP contribution < -0.4 is 10.9 Å². The van der Waals surface area contributed by atoms with Gasteiger partial charge in [0.05, 0.1) is 5.75 Å². The summed E-state index contributed by atoms with van der Waals surface area (Å²) in [6, 6.07) is 9.38. The molecule has 116 valence electrons. The van der Waals surface area contributed by atoms with Gasteiger partial charge in [-0.15, -0.1) is 11.8 Å². The van der Waals surface area contributed by atoms with Crippen molar-refractivity contribution in [3.63, 3.8) is 0 Å². The Morgan fingerprint density at radius 1 is 1.23 bits per heavy atom. The Balaban J connectivity index is 1.63. The maximum absolute atomic E-state index is 11.7. The third-order valence-corrected chi connectivity index (χ3v) is 4.92. The van der Waals surface area contributed by atoms with Crippen molar-refractivity contribution >= 4 is 45.4 Å². The first-order chi connectivity index (χ1) is 10.6. The van der Waals surface area contributed by atoms with Crippen molar-refractivity contribution in [3.8, 4) is 0 Å². The Labute approximate surface area is 144 Å². The maximum Gasteiger partial charge on any atom is 0.251 e. The summed E-state index contributed by atoms with van der Waals surface area (Å²) in [5.41, 5.74) is -0.219. The van der Waals surface area contributed by atoms with E-state index >= 15 is 0 Å². The number of carbonyl (C=O) groups excluding carboxylic acids is 1. The molecule has 0 radical (unpaired) electrons. The lowest BCUT2D eigenvalue weighted by Crippen LogP contribution is -2.27. The van der Waals surface area contributed by atoms with E-state index in [9.17, 15) is 9.59 Å². The lowest BCUT2D eigenvalue weighted by molar-refractivity contribution is -0.118. The van der Waals surface area contributed by atoms with E-state index in [1.165, 1.54) is 24.0 Å². The van der Waals surface area contributed by atoms with Crippen molar-refractivity contribution in [1.82, 2.24) is 15.3 Å². The standard InChI is InChI=1S/C14H14BrN3O2S2/c15-10-1-3-11(4-2-10)21-8-7-16-13(20)9-22-14-17-6-5-12(19)18-14/h1-6H,7-9H2,(H,16,20)(H,17,18,19). The predicted molar refractivity (Wildman–Crippen MR) is 93.5 cm³/mol. The first kappa shape index (κ1) is 17.1. The van der Waals surface area contributed by atoms with E-state index in [0.29, 0.717) is 11.7 Å². The molecule has 5 nitrogen and oxygen atoms in total. The van der Waals surface area contributed by atoms with Gasteiger partial charge >= 0.3 is 0 Å². The second-order valence-corrected chi connectivity index (χ2v) is 7.23. The van der Waals surface area contributed by atoms with E-state index in [2.05, 4.69) is 31.2 Å². The van der Waals surface area contributed by atoms with Crippen LogP contribution in [0.15, 0.2) is 55.8 Å². The minimum Gasteiger partial charge on any atom is -0.355 e. The fourth-order valence-electron chi connectivity index (χ4n) is 1.50. The molecule has 2 rings (SSSR count). The van der Waals surface area contributed by atoms with Crippen molar-refractivity contribution in [1.29, 1.82) is 0 Å². The van der Waals surface area contributed by atoms with Gasteiger partial charge in [-0.3, -0.25) is 9.59 Å². The molecular formula is C14H14BrN3O2S2. The highest BCUT2D eigenvalue weighted by molar-refractivity contribution is 9.10. The molecule has 0 spiro atoms. The topological polar surface area (TPSA) is 74.8 Å². The van der Waals surface area contributed by atoms with Crippen molar-refractivity contribution in [3.05, 3.63) is 51.4 Å². The molecule has 1 heterocycles. The number of rotatable bonds is 7. The fraction of sp³-hybridized carbons (Fsp3) is 0.214. The molecule has 0 fully saturated rings. The van der Waals surface area contributed by atoms with Crippen molar-refractivity contribution in [2.75, 3.05) is 18.1 Å². The lowest BCUT2D eigenvalue weighted by atomic mass is 10.4. The molecule has 1 amide bonds. The SMILES string of the molecule is O=C(CSc1nccc(=O)[nH]1)NCCSc1ccc(Br)cc1. The van der Waals surface area contributed by atoms with Gasteiger partial charge in [0.1, 0.15) is 0 Å². The van der Waals surface area contributed by atoms with Gasteiger partial charge in [0.2, 0.25) is 5.91 Å². The molecule has 1 aromatic heterocycles. The Kier molecular flexibility index (Phi) is 7.01. The molecular weight excluding hydrogens is 386 g/mol. The summed E-state index contributed by atoms with van der Waals surface area (Å²) in [5, 5.41) is 3.29. The summed E-state index contributed by atoms with van der Waals surface area (Å²) in [6.07, 6.45) is 1.42. The smallest absolute Gasteiger partial charge is 0.251 e. The van der Waals surface area contributed by atoms with E-state index in [4.69, 9.17) is 0 Å². The molecule has 0 atom stereocenters. The molecule has 1 aromatic carbocycles. The number of carbonyl (C=O) groups is 1. The van der Waals surface area contributed by atoms with E-state index in [1.54, 1.807) is 11.8 Å². The Morgan fingerprint density at radius 3 is 2.73 bits per heavy atom. The lowest BCUT2D eigenvalue weighted by Gasteiger charge is -2.05. The monoisotopic (exact) mass is 399 g/mol. The van der Waals surface area contributed by atoms with Crippen molar-refractivity contribution in [2.24, 2.45) is 0 Å². The van der Waals surface area contributed by atoms with E-state index in [0.717, 1.165) is 15.1 Å². The number of hydrogen-bond donors (Lipinski definition) is 2. The van der Waals surface area contributed by atoms with Gasteiger partial charge in [0.15, 0.2) is 5.16 Å². The van der Waals surface area contributed by atoms with Gasteiger partial charge in [-0.1, -0.05) is 27.7 Å². The molecule has 0 saturated heterocycles. The normalized spacial score (nSPS) is 10.4. The van der Waals surface area contributed by atoms with E-state index < -0.39 is 0 Å². The van der Waals surface area contributed by atoms with Crippen LogP contribution in [0.3, 0.4) is 0 Å². The van der Waals surface area contributed by atoms with Gasteiger partial charge in [-0.2, -0.15) is 0 Å². The number of H-pyrrole nitrogens is 1. The van der Waals surface area contributed by atoms with Gasteiger partial charge in [-0.05, 0) is 24.3 Å². The van der Waals surface area contributed by atoms with E-state index in [1.807, 2.05) is 24.3 Å². The first-order valence-corrected chi connectivity index (χ1v) is 9.23. The molecule has 8 heteroatoms. The van der Waals surface area contributed by atoms with Crippen molar-refractivity contribution in [2.45, 2.75) is 10.1 Å². The molecule has 2 N–H and O–H groups in total. The molecule has 0 aliphatic rings. The minimum absolute atomic E-state index is 0.0760. The summed E-state index contributed by atoms with van der Waals surface area (Å²) < 4.78 is 1.05. The van der Waals surface area contributed by atoms with Crippen LogP contribution in [0.4, 0.5) is 0 Å².